The van der Waals surface area contributed by atoms with E-state index in [1.807, 2.05) is 0 Å². The fourth-order valence-electron chi connectivity index (χ4n) is 1.55. The first-order valence-corrected chi connectivity index (χ1v) is 4.81. The van der Waals surface area contributed by atoms with Gasteiger partial charge < -0.3 is 15.7 Å². The van der Waals surface area contributed by atoms with Crippen molar-refractivity contribution >= 4 is 17.3 Å². The number of alkyl halides is 3. The van der Waals surface area contributed by atoms with E-state index in [2.05, 4.69) is 10.6 Å². The van der Waals surface area contributed by atoms with E-state index in [9.17, 15) is 18.0 Å². The van der Waals surface area contributed by atoms with Crippen molar-refractivity contribution in [2.24, 2.45) is 0 Å². The lowest BCUT2D eigenvalue weighted by Gasteiger charge is -2.26. The average molecular weight is 246 g/mol. The van der Waals surface area contributed by atoms with E-state index in [0.717, 1.165) is 12.1 Å². The van der Waals surface area contributed by atoms with Gasteiger partial charge >= 0.3 is 6.18 Å². The van der Waals surface area contributed by atoms with E-state index in [-0.39, 0.29) is 5.69 Å². The van der Waals surface area contributed by atoms with Gasteiger partial charge in [0.1, 0.15) is 6.04 Å². The van der Waals surface area contributed by atoms with Crippen molar-refractivity contribution in [1.82, 2.24) is 0 Å². The summed E-state index contributed by atoms with van der Waals surface area (Å²) in [4.78, 5) is 11.3. The van der Waals surface area contributed by atoms with Gasteiger partial charge in [-0.2, -0.15) is 13.2 Å². The first kappa shape index (κ1) is 11.7. The van der Waals surface area contributed by atoms with Crippen molar-refractivity contribution in [2.45, 2.75) is 12.2 Å². The molecule has 0 aliphatic carbocycles. The largest absolute Gasteiger partial charge is 0.416 e. The van der Waals surface area contributed by atoms with Crippen LogP contribution in [0.5, 0.6) is 0 Å². The number of aliphatic hydroxyl groups is 1. The second kappa shape index (κ2) is 3.92. The number of carbonyl (C=O) groups is 1. The zero-order chi connectivity index (χ0) is 12.6. The minimum absolute atomic E-state index is 0.0644. The van der Waals surface area contributed by atoms with E-state index >= 15 is 0 Å². The maximum Gasteiger partial charge on any atom is 0.416 e. The normalized spacial score (nSPS) is 19.3. The SMILES string of the molecule is O=C1Nc2cc(C(F)(F)F)ccc2N[C@H]1CO. The first-order valence-electron chi connectivity index (χ1n) is 4.81. The molecule has 0 saturated heterocycles. The van der Waals surface area contributed by atoms with Gasteiger partial charge in [0.05, 0.1) is 23.5 Å². The van der Waals surface area contributed by atoms with Gasteiger partial charge in [0.25, 0.3) is 0 Å². The number of amides is 1. The second-order valence-corrected chi connectivity index (χ2v) is 3.63. The number of nitrogens with one attached hydrogen (secondary N) is 2. The Morgan fingerprint density at radius 1 is 1.29 bits per heavy atom. The highest BCUT2D eigenvalue weighted by atomic mass is 19.4. The predicted molar refractivity (Wildman–Crippen MR) is 54.6 cm³/mol. The van der Waals surface area contributed by atoms with Gasteiger partial charge in [0, 0.05) is 0 Å². The molecule has 17 heavy (non-hydrogen) atoms. The van der Waals surface area contributed by atoms with Gasteiger partial charge in [0.15, 0.2) is 0 Å². The molecule has 7 heteroatoms. The molecule has 0 fully saturated rings. The summed E-state index contributed by atoms with van der Waals surface area (Å²) < 4.78 is 37.3. The Bertz CT molecular complexity index is 459. The van der Waals surface area contributed by atoms with Crippen LogP contribution < -0.4 is 10.6 Å². The third-order valence-electron chi connectivity index (χ3n) is 2.43. The molecule has 0 aromatic heterocycles. The first-order chi connectivity index (χ1) is 7.91. The number of rotatable bonds is 1. The number of carbonyl (C=O) groups excluding carboxylic acids is 1. The summed E-state index contributed by atoms with van der Waals surface area (Å²) in [5, 5.41) is 13.8. The van der Waals surface area contributed by atoms with Crippen molar-refractivity contribution in [3.8, 4) is 0 Å². The second-order valence-electron chi connectivity index (χ2n) is 3.63. The van der Waals surface area contributed by atoms with Crippen LogP contribution in [-0.4, -0.2) is 23.7 Å². The van der Waals surface area contributed by atoms with Crippen LogP contribution >= 0.6 is 0 Å². The van der Waals surface area contributed by atoms with E-state index in [1.165, 1.54) is 6.07 Å². The molecule has 4 nitrogen and oxygen atoms in total. The predicted octanol–water partition coefficient (Wildman–Crippen LogP) is 1.43. The Balaban J connectivity index is 2.36. The maximum atomic E-state index is 12.4. The van der Waals surface area contributed by atoms with Crippen molar-refractivity contribution in [2.75, 3.05) is 17.2 Å². The minimum atomic E-state index is -4.45. The minimum Gasteiger partial charge on any atom is -0.394 e. The van der Waals surface area contributed by atoms with E-state index in [1.54, 1.807) is 0 Å². The van der Waals surface area contributed by atoms with Crippen LogP contribution in [0.15, 0.2) is 18.2 Å². The highest BCUT2D eigenvalue weighted by Crippen LogP contribution is 2.35. The van der Waals surface area contributed by atoms with Crippen molar-refractivity contribution in [3.63, 3.8) is 0 Å². The van der Waals surface area contributed by atoms with Gasteiger partial charge in [-0.1, -0.05) is 0 Å². The van der Waals surface area contributed by atoms with Crippen LogP contribution in [0, 0.1) is 0 Å². The topological polar surface area (TPSA) is 61.4 Å². The van der Waals surface area contributed by atoms with Crippen LogP contribution in [-0.2, 0) is 11.0 Å². The molecule has 0 spiro atoms. The number of aliphatic hydroxyl groups excluding tert-OH is 1. The summed E-state index contributed by atoms with van der Waals surface area (Å²) in [6.45, 7) is -0.424. The van der Waals surface area contributed by atoms with Gasteiger partial charge in [-0.25, -0.2) is 0 Å². The summed E-state index contributed by atoms with van der Waals surface area (Å²) in [5.74, 6) is -0.556. The lowest BCUT2D eigenvalue weighted by Crippen LogP contribution is -2.41. The van der Waals surface area contributed by atoms with E-state index in [0.29, 0.717) is 5.69 Å². The zero-order valence-corrected chi connectivity index (χ0v) is 8.51. The molecular formula is C10H9F3N2O2. The molecule has 1 aromatic carbocycles. The smallest absolute Gasteiger partial charge is 0.394 e. The lowest BCUT2D eigenvalue weighted by atomic mass is 10.1. The number of hydrogen-bond donors (Lipinski definition) is 3. The molecule has 3 N–H and O–H groups in total. The van der Waals surface area contributed by atoms with Crippen molar-refractivity contribution < 1.29 is 23.1 Å². The van der Waals surface area contributed by atoms with Gasteiger partial charge in [0.2, 0.25) is 5.91 Å². The maximum absolute atomic E-state index is 12.4. The Kier molecular flexibility index (Phi) is 2.70. The summed E-state index contributed by atoms with van der Waals surface area (Å²) in [6.07, 6.45) is -4.45. The van der Waals surface area contributed by atoms with E-state index < -0.39 is 30.3 Å². The molecule has 0 unspecified atom stereocenters. The van der Waals surface area contributed by atoms with Crippen LogP contribution in [0.4, 0.5) is 24.5 Å². The number of fused-ring (bicyclic) bond motifs is 1. The Morgan fingerprint density at radius 2 is 2.00 bits per heavy atom. The molecule has 0 radical (unpaired) electrons. The zero-order valence-electron chi connectivity index (χ0n) is 8.51. The molecular weight excluding hydrogens is 237 g/mol. The van der Waals surface area contributed by atoms with Crippen LogP contribution in [0.1, 0.15) is 5.56 Å². The fraction of sp³-hybridized carbons (Fsp3) is 0.300. The van der Waals surface area contributed by atoms with Gasteiger partial charge in [-0.05, 0) is 18.2 Å². The standard InChI is InChI=1S/C10H9F3N2O2/c11-10(12,13)5-1-2-6-7(3-5)15-9(17)8(4-16)14-6/h1-3,8,14,16H,4H2,(H,15,17)/t8-/m0/s1. The van der Waals surface area contributed by atoms with Crippen molar-refractivity contribution in [3.05, 3.63) is 23.8 Å². The van der Waals surface area contributed by atoms with Crippen LogP contribution in [0.2, 0.25) is 0 Å². The molecule has 1 aliphatic heterocycles. The lowest BCUT2D eigenvalue weighted by molar-refractivity contribution is -0.137. The molecule has 0 saturated carbocycles. The summed E-state index contributed by atoms with van der Waals surface area (Å²) in [7, 11) is 0. The quantitative estimate of drug-likeness (QED) is 0.702. The van der Waals surface area contributed by atoms with Crippen molar-refractivity contribution in [1.29, 1.82) is 0 Å². The average Bonchev–Trinajstić information content (AvgIpc) is 2.26. The number of benzene rings is 1. The molecule has 1 atom stereocenters. The molecule has 1 heterocycles. The Labute approximate surface area is 94.4 Å². The van der Waals surface area contributed by atoms with Gasteiger partial charge in [-0.15, -0.1) is 0 Å². The molecule has 1 amide bonds. The third-order valence-corrected chi connectivity index (χ3v) is 2.43. The highest BCUT2D eigenvalue weighted by molar-refractivity contribution is 6.03. The fourth-order valence-corrected chi connectivity index (χ4v) is 1.55. The number of hydrogen-bond acceptors (Lipinski definition) is 3. The Morgan fingerprint density at radius 3 is 2.59 bits per heavy atom. The summed E-state index contributed by atoms with van der Waals surface area (Å²) in [5.41, 5.74) is -0.410. The van der Waals surface area contributed by atoms with Crippen LogP contribution in [0.3, 0.4) is 0 Å². The molecule has 0 bridgehead atoms. The van der Waals surface area contributed by atoms with E-state index in [4.69, 9.17) is 5.11 Å². The van der Waals surface area contributed by atoms with Gasteiger partial charge in [-0.3, -0.25) is 4.79 Å². The van der Waals surface area contributed by atoms with Crippen LogP contribution in [0.25, 0.3) is 0 Å². The summed E-state index contributed by atoms with van der Waals surface area (Å²) in [6, 6.07) is 2.16. The number of anilines is 2. The number of halogens is 3. The Hall–Kier alpha value is -1.76. The molecule has 1 aliphatic rings. The monoisotopic (exact) mass is 246 g/mol. The molecule has 1 aromatic rings. The summed E-state index contributed by atoms with van der Waals surface area (Å²) >= 11 is 0. The molecule has 2 rings (SSSR count). The third kappa shape index (κ3) is 2.19. The molecule has 92 valence electrons. The highest BCUT2D eigenvalue weighted by Gasteiger charge is 2.33.